The lowest BCUT2D eigenvalue weighted by Gasteiger charge is -2.24. The largest absolute Gasteiger partial charge is 0.377 e. The van der Waals surface area contributed by atoms with E-state index in [4.69, 9.17) is 4.74 Å². The summed E-state index contributed by atoms with van der Waals surface area (Å²) in [6.07, 6.45) is 3.45. The van der Waals surface area contributed by atoms with E-state index >= 15 is 0 Å². The van der Waals surface area contributed by atoms with Crippen LogP contribution in [0, 0.1) is 0 Å². The third kappa shape index (κ3) is 3.91. The summed E-state index contributed by atoms with van der Waals surface area (Å²) in [5.74, 6) is 0. The fourth-order valence-corrected chi connectivity index (χ4v) is 0.974. The molecule has 3 heteroatoms. The molecule has 0 aliphatic carbocycles. The van der Waals surface area contributed by atoms with Gasteiger partial charge in [-0.1, -0.05) is 13.3 Å². The van der Waals surface area contributed by atoms with E-state index in [1.165, 1.54) is 6.08 Å². The number of aliphatic imine (C=N–C) groups is 1. The van der Waals surface area contributed by atoms with Crippen molar-refractivity contribution >= 4 is 6.08 Å². The normalized spacial score (nSPS) is 15.2. The molecular formula is C8H15NO2. The van der Waals surface area contributed by atoms with Crippen LogP contribution < -0.4 is 0 Å². The number of hydrogen-bond donors (Lipinski definition) is 0. The van der Waals surface area contributed by atoms with Gasteiger partial charge < -0.3 is 4.74 Å². The monoisotopic (exact) mass is 157 g/mol. The first-order valence-corrected chi connectivity index (χ1v) is 3.77. The maximum Gasteiger partial charge on any atom is 0.235 e. The Hall–Kier alpha value is -0.660. The van der Waals surface area contributed by atoms with Crippen molar-refractivity contribution in [2.75, 3.05) is 13.7 Å². The van der Waals surface area contributed by atoms with Crippen LogP contribution in [0.3, 0.4) is 0 Å². The van der Waals surface area contributed by atoms with Gasteiger partial charge in [0.1, 0.15) is 0 Å². The minimum Gasteiger partial charge on any atom is -0.377 e. The van der Waals surface area contributed by atoms with E-state index in [9.17, 15) is 4.79 Å². The zero-order chi connectivity index (χ0) is 8.74. The highest BCUT2D eigenvalue weighted by Crippen LogP contribution is 2.16. The Balaban J connectivity index is 3.97. The molecule has 0 aromatic rings. The SMILES string of the molecule is CCCC(C)(CN=C=O)OC. The van der Waals surface area contributed by atoms with E-state index in [2.05, 4.69) is 11.9 Å². The van der Waals surface area contributed by atoms with Crippen LogP contribution in [-0.2, 0) is 9.53 Å². The molecule has 0 spiro atoms. The van der Waals surface area contributed by atoms with Crippen molar-refractivity contribution in [3.05, 3.63) is 0 Å². The van der Waals surface area contributed by atoms with Crippen molar-refractivity contribution < 1.29 is 9.53 Å². The van der Waals surface area contributed by atoms with E-state index in [-0.39, 0.29) is 5.60 Å². The molecule has 0 aromatic heterocycles. The molecule has 0 amide bonds. The molecule has 11 heavy (non-hydrogen) atoms. The maximum atomic E-state index is 9.82. The number of methoxy groups -OCH3 is 1. The van der Waals surface area contributed by atoms with Crippen LogP contribution in [0.1, 0.15) is 26.7 Å². The van der Waals surface area contributed by atoms with E-state index in [1.807, 2.05) is 6.92 Å². The Labute approximate surface area is 67.5 Å². The van der Waals surface area contributed by atoms with Gasteiger partial charge in [-0.2, -0.15) is 0 Å². The lowest BCUT2D eigenvalue weighted by atomic mass is 10.0. The molecule has 0 saturated heterocycles. The summed E-state index contributed by atoms with van der Waals surface area (Å²) in [5.41, 5.74) is -0.286. The fraction of sp³-hybridized carbons (Fsp3) is 0.875. The summed E-state index contributed by atoms with van der Waals surface area (Å²) in [4.78, 5) is 13.3. The number of hydrogen-bond acceptors (Lipinski definition) is 3. The van der Waals surface area contributed by atoms with E-state index < -0.39 is 0 Å². The third-order valence-electron chi connectivity index (χ3n) is 1.75. The Bertz CT molecular complexity index is 152. The lowest BCUT2D eigenvalue weighted by molar-refractivity contribution is 0.00669. The average Bonchev–Trinajstić information content (AvgIpc) is 2.02. The minimum absolute atomic E-state index is 0.286. The summed E-state index contributed by atoms with van der Waals surface area (Å²) in [6.45, 7) is 4.42. The van der Waals surface area contributed by atoms with Crippen molar-refractivity contribution in [2.45, 2.75) is 32.3 Å². The molecule has 0 rings (SSSR count). The van der Waals surface area contributed by atoms with Gasteiger partial charge in [0.15, 0.2) is 0 Å². The van der Waals surface area contributed by atoms with Gasteiger partial charge in [0, 0.05) is 7.11 Å². The molecule has 0 aliphatic rings. The second kappa shape index (κ2) is 5.05. The van der Waals surface area contributed by atoms with Crippen LogP contribution in [-0.4, -0.2) is 25.3 Å². The summed E-state index contributed by atoms with van der Waals surface area (Å²) in [6, 6.07) is 0. The number of nitrogens with zero attached hydrogens (tertiary/aromatic N) is 1. The standard InChI is InChI=1S/C8H15NO2/c1-4-5-8(2,11-3)6-9-7-10/h4-6H2,1-3H3. The predicted molar refractivity (Wildman–Crippen MR) is 43.3 cm³/mol. The second-order valence-electron chi connectivity index (χ2n) is 2.81. The van der Waals surface area contributed by atoms with Crippen molar-refractivity contribution in [1.29, 1.82) is 0 Å². The van der Waals surface area contributed by atoms with Gasteiger partial charge in [-0.15, -0.1) is 0 Å². The first-order valence-electron chi connectivity index (χ1n) is 3.77. The van der Waals surface area contributed by atoms with Crippen molar-refractivity contribution in [1.82, 2.24) is 0 Å². The molecule has 0 bridgehead atoms. The number of carbonyl (C=O) groups excluding carboxylic acids is 1. The van der Waals surface area contributed by atoms with Crippen LogP contribution in [0.15, 0.2) is 4.99 Å². The number of isocyanates is 1. The average molecular weight is 157 g/mol. The maximum absolute atomic E-state index is 9.82. The highest BCUT2D eigenvalue weighted by Gasteiger charge is 2.21. The molecule has 0 saturated carbocycles. The van der Waals surface area contributed by atoms with Gasteiger partial charge in [-0.05, 0) is 13.3 Å². The molecular weight excluding hydrogens is 142 g/mol. The summed E-state index contributed by atoms with van der Waals surface area (Å²) in [7, 11) is 1.63. The zero-order valence-corrected chi connectivity index (χ0v) is 7.39. The van der Waals surface area contributed by atoms with Crippen molar-refractivity contribution in [2.24, 2.45) is 4.99 Å². The molecule has 1 unspecified atom stereocenters. The van der Waals surface area contributed by atoms with Gasteiger partial charge in [0.05, 0.1) is 12.1 Å². The van der Waals surface area contributed by atoms with Crippen LogP contribution in [0.2, 0.25) is 0 Å². The summed E-state index contributed by atoms with van der Waals surface area (Å²) < 4.78 is 5.21. The zero-order valence-electron chi connectivity index (χ0n) is 7.39. The molecule has 64 valence electrons. The van der Waals surface area contributed by atoms with E-state index in [0.717, 1.165) is 12.8 Å². The summed E-state index contributed by atoms with van der Waals surface area (Å²) >= 11 is 0. The van der Waals surface area contributed by atoms with Crippen molar-refractivity contribution in [3.8, 4) is 0 Å². The van der Waals surface area contributed by atoms with E-state index in [0.29, 0.717) is 6.54 Å². The first kappa shape index (κ1) is 10.3. The molecule has 3 nitrogen and oxygen atoms in total. The van der Waals surface area contributed by atoms with Gasteiger partial charge in [-0.25, -0.2) is 9.79 Å². The lowest BCUT2D eigenvalue weighted by Crippen LogP contribution is -2.30. The van der Waals surface area contributed by atoms with Gasteiger partial charge in [0.25, 0.3) is 0 Å². The molecule has 0 aromatic carbocycles. The highest BCUT2D eigenvalue weighted by atomic mass is 16.5. The number of ether oxygens (including phenoxy) is 1. The smallest absolute Gasteiger partial charge is 0.235 e. The molecule has 0 heterocycles. The van der Waals surface area contributed by atoms with Gasteiger partial charge in [-0.3, -0.25) is 0 Å². The summed E-state index contributed by atoms with van der Waals surface area (Å²) in [5, 5.41) is 0. The Kier molecular flexibility index (Phi) is 4.75. The van der Waals surface area contributed by atoms with Crippen LogP contribution >= 0.6 is 0 Å². The Morgan fingerprint density at radius 3 is 2.64 bits per heavy atom. The Morgan fingerprint density at radius 2 is 2.27 bits per heavy atom. The molecule has 0 radical (unpaired) electrons. The molecule has 0 fully saturated rings. The van der Waals surface area contributed by atoms with E-state index in [1.54, 1.807) is 7.11 Å². The van der Waals surface area contributed by atoms with Crippen molar-refractivity contribution in [3.63, 3.8) is 0 Å². The molecule has 1 atom stereocenters. The van der Waals surface area contributed by atoms with Crippen LogP contribution in [0.4, 0.5) is 0 Å². The Morgan fingerprint density at radius 1 is 1.64 bits per heavy atom. The minimum atomic E-state index is -0.286. The highest BCUT2D eigenvalue weighted by molar-refractivity contribution is 5.33. The molecule has 0 aliphatic heterocycles. The van der Waals surface area contributed by atoms with Crippen LogP contribution in [0.25, 0.3) is 0 Å². The first-order chi connectivity index (χ1) is 5.18. The fourth-order valence-electron chi connectivity index (χ4n) is 0.974. The predicted octanol–water partition coefficient (Wildman–Crippen LogP) is 1.53. The molecule has 0 N–H and O–H groups in total. The topological polar surface area (TPSA) is 38.7 Å². The third-order valence-corrected chi connectivity index (χ3v) is 1.75. The van der Waals surface area contributed by atoms with Gasteiger partial charge in [0.2, 0.25) is 6.08 Å². The second-order valence-corrected chi connectivity index (χ2v) is 2.81. The number of rotatable bonds is 5. The quantitative estimate of drug-likeness (QED) is 0.448. The van der Waals surface area contributed by atoms with Crippen LogP contribution in [0.5, 0.6) is 0 Å². The van der Waals surface area contributed by atoms with Gasteiger partial charge >= 0.3 is 0 Å².